The molecule has 1 rings (SSSR count). The van der Waals surface area contributed by atoms with Crippen LogP contribution < -0.4 is 11.1 Å². The zero-order valence-electron chi connectivity index (χ0n) is 11.9. The Morgan fingerprint density at radius 2 is 2.05 bits per heavy atom. The van der Waals surface area contributed by atoms with Gasteiger partial charge in [0.1, 0.15) is 5.82 Å². The molecule has 0 aliphatic carbocycles. The number of carbonyl (C=O) groups is 1. The molecule has 106 valence electrons. The molecular weight excluding hydrogens is 243 g/mol. The van der Waals surface area contributed by atoms with E-state index >= 15 is 0 Å². The largest absolute Gasteiger partial charge is 0.330 e. The zero-order chi connectivity index (χ0) is 14.5. The molecule has 0 radical (unpaired) electrons. The van der Waals surface area contributed by atoms with E-state index < -0.39 is 0 Å². The van der Waals surface area contributed by atoms with E-state index in [1.54, 1.807) is 6.07 Å². The van der Waals surface area contributed by atoms with Gasteiger partial charge >= 0.3 is 0 Å². The minimum Gasteiger partial charge on any atom is -0.330 e. The molecule has 0 bridgehead atoms. The van der Waals surface area contributed by atoms with Crippen LogP contribution in [0.5, 0.6) is 0 Å². The van der Waals surface area contributed by atoms with Gasteiger partial charge < -0.3 is 11.1 Å². The van der Waals surface area contributed by atoms with E-state index in [4.69, 9.17) is 5.73 Å². The summed E-state index contributed by atoms with van der Waals surface area (Å²) in [7, 11) is 0. The Bertz CT molecular complexity index is 444. The second-order valence-corrected chi connectivity index (χ2v) is 5.71. The Morgan fingerprint density at radius 1 is 1.37 bits per heavy atom. The molecule has 0 heterocycles. The monoisotopic (exact) mass is 266 g/mol. The number of carbonyl (C=O) groups excluding carboxylic acids is 1. The number of amides is 1. The molecule has 1 amide bonds. The van der Waals surface area contributed by atoms with Crippen molar-refractivity contribution in [1.29, 1.82) is 0 Å². The van der Waals surface area contributed by atoms with Gasteiger partial charge in [-0.15, -0.1) is 0 Å². The number of rotatable bonds is 6. The number of nitrogens with two attached hydrogens (primary N) is 1. The molecule has 4 heteroatoms. The van der Waals surface area contributed by atoms with Gasteiger partial charge in [-0.25, -0.2) is 4.39 Å². The van der Waals surface area contributed by atoms with Gasteiger partial charge in [-0.2, -0.15) is 0 Å². The third-order valence-electron chi connectivity index (χ3n) is 3.32. The molecule has 1 aromatic rings. The fourth-order valence-electron chi connectivity index (χ4n) is 1.91. The molecule has 0 saturated heterocycles. The van der Waals surface area contributed by atoms with Gasteiger partial charge in [0.15, 0.2) is 0 Å². The van der Waals surface area contributed by atoms with E-state index in [1.165, 1.54) is 12.1 Å². The van der Waals surface area contributed by atoms with Gasteiger partial charge in [0.2, 0.25) is 5.91 Å². The average molecular weight is 266 g/mol. The fraction of sp³-hybridized carbons (Fsp3) is 0.533. The highest BCUT2D eigenvalue weighted by molar-refractivity contribution is 5.91. The Morgan fingerprint density at radius 3 is 2.68 bits per heavy atom. The second-order valence-electron chi connectivity index (χ2n) is 5.71. The molecule has 3 N–H and O–H groups in total. The standard InChI is InChI=1S/C15H23FN2O/c1-11-4-5-12(16)10-13(11)18-14(19)6-7-15(2,3)8-9-17/h4-5,10H,6-9,17H2,1-3H3,(H,18,19). The summed E-state index contributed by atoms with van der Waals surface area (Å²) in [5, 5.41) is 2.76. The lowest BCUT2D eigenvalue weighted by molar-refractivity contribution is -0.116. The van der Waals surface area contributed by atoms with Crippen molar-refractivity contribution in [2.24, 2.45) is 11.1 Å². The van der Waals surface area contributed by atoms with Crippen LogP contribution in [0, 0.1) is 18.2 Å². The molecule has 0 saturated carbocycles. The first-order valence-corrected chi connectivity index (χ1v) is 6.60. The van der Waals surface area contributed by atoms with Gasteiger partial charge in [0.25, 0.3) is 0 Å². The number of anilines is 1. The van der Waals surface area contributed by atoms with Crippen molar-refractivity contribution in [2.45, 2.75) is 40.0 Å². The van der Waals surface area contributed by atoms with Crippen molar-refractivity contribution in [2.75, 3.05) is 11.9 Å². The summed E-state index contributed by atoms with van der Waals surface area (Å²) in [5.41, 5.74) is 7.00. The first-order chi connectivity index (χ1) is 8.84. The highest BCUT2D eigenvalue weighted by Crippen LogP contribution is 2.26. The summed E-state index contributed by atoms with van der Waals surface area (Å²) in [4.78, 5) is 11.9. The van der Waals surface area contributed by atoms with Crippen LogP contribution in [0.25, 0.3) is 0 Å². The van der Waals surface area contributed by atoms with Crippen LogP contribution in [0.15, 0.2) is 18.2 Å². The fourth-order valence-corrected chi connectivity index (χ4v) is 1.91. The first kappa shape index (κ1) is 15.6. The Balaban J connectivity index is 2.54. The van der Waals surface area contributed by atoms with E-state index in [9.17, 15) is 9.18 Å². The predicted octanol–water partition coefficient (Wildman–Crippen LogP) is 3.23. The quantitative estimate of drug-likeness (QED) is 0.830. The van der Waals surface area contributed by atoms with Gasteiger partial charge in [0, 0.05) is 12.1 Å². The normalized spacial score (nSPS) is 11.4. The number of nitrogens with one attached hydrogen (secondary N) is 1. The van der Waals surface area contributed by atoms with E-state index in [1.807, 2.05) is 6.92 Å². The summed E-state index contributed by atoms with van der Waals surface area (Å²) < 4.78 is 13.1. The average Bonchev–Trinajstić information content (AvgIpc) is 2.31. The lowest BCUT2D eigenvalue weighted by atomic mass is 9.84. The molecule has 0 spiro atoms. The molecule has 19 heavy (non-hydrogen) atoms. The van der Waals surface area contributed by atoms with Gasteiger partial charge in [-0.3, -0.25) is 4.79 Å². The van der Waals surface area contributed by atoms with Crippen molar-refractivity contribution in [3.05, 3.63) is 29.6 Å². The third-order valence-corrected chi connectivity index (χ3v) is 3.32. The summed E-state index contributed by atoms with van der Waals surface area (Å²) in [5.74, 6) is -0.428. The maximum atomic E-state index is 13.1. The predicted molar refractivity (Wildman–Crippen MR) is 76.5 cm³/mol. The Labute approximate surface area is 114 Å². The maximum absolute atomic E-state index is 13.1. The SMILES string of the molecule is Cc1ccc(F)cc1NC(=O)CCC(C)(C)CCN. The molecule has 0 aliphatic rings. The minimum atomic E-state index is -0.343. The molecule has 1 aromatic carbocycles. The molecule has 0 aromatic heterocycles. The number of hydrogen-bond donors (Lipinski definition) is 2. The third kappa shape index (κ3) is 5.39. The summed E-state index contributed by atoms with van der Waals surface area (Å²) in [6.45, 7) is 6.66. The highest BCUT2D eigenvalue weighted by atomic mass is 19.1. The first-order valence-electron chi connectivity index (χ1n) is 6.60. The van der Waals surface area contributed by atoms with E-state index in [-0.39, 0.29) is 17.1 Å². The van der Waals surface area contributed by atoms with Crippen LogP contribution in [-0.4, -0.2) is 12.5 Å². The summed E-state index contributed by atoms with van der Waals surface area (Å²) >= 11 is 0. The topological polar surface area (TPSA) is 55.1 Å². The van der Waals surface area contributed by atoms with Crippen LogP contribution >= 0.6 is 0 Å². The van der Waals surface area contributed by atoms with Gasteiger partial charge in [-0.1, -0.05) is 19.9 Å². The van der Waals surface area contributed by atoms with Crippen molar-refractivity contribution in [1.82, 2.24) is 0 Å². The molecule has 0 fully saturated rings. The lowest BCUT2D eigenvalue weighted by Gasteiger charge is -2.23. The van der Waals surface area contributed by atoms with Crippen LogP contribution in [-0.2, 0) is 4.79 Å². The van der Waals surface area contributed by atoms with Crippen molar-refractivity contribution < 1.29 is 9.18 Å². The van der Waals surface area contributed by atoms with Crippen LogP contribution in [0.2, 0.25) is 0 Å². The Kier molecular flexibility index (Phi) is 5.48. The second kappa shape index (κ2) is 6.66. The Hall–Kier alpha value is -1.42. The smallest absolute Gasteiger partial charge is 0.224 e. The van der Waals surface area contributed by atoms with E-state index in [2.05, 4.69) is 19.2 Å². The van der Waals surface area contributed by atoms with Gasteiger partial charge in [-0.05, 0) is 49.4 Å². The maximum Gasteiger partial charge on any atom is 0.224 e. The number of halogens is 1. The molecule has 0 aliphatic heterocycles. The molecular formula is C15H23FN2O. The summed E-state index contributed by atoms with van der Waals surface area (Å²) in [6.07, 6.45) is 2.08. The van der Waals surface area contributed by atoms with E-state index in [0.29, 0.717) is 18.7 Å². The van der Waals surface area contributed by atoms with Crippen LogP contribution in [0.1, 0.15) is 38.7 Å². The van der Waals surface area contributed by atoms with Crippen LogP contribution in [0.3, 0.4) is 0 Å². The van der Waals surface area contributed by atoms with Crippen LogP contribution in [0.4, 0.5) is 10.1 Å². The molecule has 3 nitrogen and oxygen atoms in total. The zero-order valence-corrected chi connectivity index (χ0v) is 11.9. The summed E-state index contributed by atoms with van der Waals surface area (Å²) in [6, 6.07) is 4.39. The highest BCUT2D eigenvalue weighted by Gasteiger charge is 2.18. The molecule has 0 atom stereocenters. The number of benzene rings is 1. The van der Waals surface area contributed by atoms with Crippen molar-refractivity contribution in [3.8, 4) is 0 Å². The lowest BCUT2D eigenvalue weighted by Crippen LogP contribution is -2.21. The van der Waals surface area contributed by atoms with Gasteiger partial charge in [0.05, 0.1) is 0 Å². The minimum absolute atomic E-state index is 0.0586. The molecule has 0 unspecified atom stereocenters. The van der Waals surface area contributed by atoms with Crippen molar-refractivity contribution >= 4 is 11.6 Å². The van der Waals surface area contributed by atoms with Crippen molar-refractivity contribution in [3.63, 3.8) is 0 Å². The number of hydrogen-bond acceptors (Lipinski definition) is 2. The van der Waals surface area contributed by atoms with E-state index in [0.717, 1.165) is 18.4 Å². The number of aryl methyl sites for hydroxylation is 1.